The van der Waals surface area contributed by atoms with Crippen molar-refractivity contribution in [2.75, 3.05) is 6.61 Å². The molecule has 0 fully saturated rings. The number of carbonyl (C=O) groups is 1. The van der Waals surface area contributed by atoms with Crippen molar-refractivity contribution in [3.05, 3.63) is 58.6 Å². The van der Waals surface area contributed by atoms with Crippen LogP contribution in [-0.4, -0.2) is 27.2 Å². The number of nitro benzene ring substituents is 1. The fourth-order valence-corrected chi connectivity index (χ4v) is 2.67. The number of nitro groups is 1. The van der Waals surface area contributed by atoms with E-state index in [9.17, 15) is 20.0 Å². The van der Waals surface area contributed by atoms with E-state index in [4.69, 9.17) is 4.74 Å². The van der Waals surface area contributed by atoms with Gasteiger partial charge in [0.25, 0.3) is 5.69 Å². The van der Waals surface area contributed by atoms with Gasteiger partial charge in [-0.25, -0.2) is 0 Å². The van der Waals surface area contributed by atoms with E-state index in [0.717, 1.165) is 0 Å². The van der Waals surface area contributed by atoms with Crippen LogP contribution in [0.15, 0.2) is 58.8 Å². The summed E-state index contributed by atoms with van der Waals surface area (Å²) in [5.74, 6) is -0.776. The maximum Gasteiger partial charge on any atom is 0.326 e. The van der Waals surface area contributed by atoms with Gasteiger partial charge in [-0.05, 0) is 19.1 Å². The van der Waals surface area contributed by atoms with Crippen LogP contribution in [0.2, 0.25) is 0 Å². The minimum atomic E-state index is -0.557. The lowest BCUT2D eigenvalue weighted by atomic mass is 10.2. The van der Waals surface area contributed by atoms with Crippen LogP contribution in [0.25, 0.3) is 10.9 Å². The van der Waals surface area contributed by atoms with Gasteiger partial charge in [0.15, 0.2) is 11.4 Å². The van der Waals surface area contributed by atoms with Crippen molar-refractivity contribution in [2.45, 2.75) is 13.5 Å². The minimum absolute atomic E-state index is 0.0594. The molecule has 1 aromatic heterocycles. The third-order valence-corrected chi connectivity index (χ3v) is 3.85. The molecule has 9 nitrogen and oxygen atoms in total. The number of ether oxygens (including phenoxy) is 1. The standard InChI is InChI=1S/C18H16N4O5/c1-2-27-16(23)11-21-14-9-5-3-7-12(14)17(18(21)24)20-19-13-8-4-6-10-15(13)22(25)26/h3-10,24H,2,11H2,1H3. The average Bonchev–Trinajstić information content (AvgIpc) is 2.92. The summed E-state index contributed by atoms with van der Waals surface area (Å²) in [6.07, 6.45) is 0. The molecule has 138 valence electrons. The number of aromatic nitrogens is 1. The van der Waals surface area contributed by atoms with Crippen molar-refractivity contribution in [1.82, 2.24) is 4.57 Å². The Hall–Kier alpha value is -3.75. The Morgan fingerprint density at radius 3 is 2.63 bits per heavy atom. The summed E-state index contributed by atoms with van der Waals surface area (Å²) in [6, 6.07) is 12.8. The van der Waals surface area contributed by atoms with Crippen molar-refractivity contribution >= 4 is 33.9 Å². The molecular formula is C18H16N4O5. The second-order valence-corrected chi connectivity index (χ2v) is 5.53. The molecule has 27 heavy (non-hydrogen) atoms. The number of nitrogens with zero attached hydrogens (tertiary/aromatic N) is 4. The highest BCUT2D eigenvalue weighted by Gasteiger charge is 2.19. The van der Waals surface area contributed by atoms with E-state index < -0.39 is 10.9 Å². The highest BCUT2D eigenvalue weighted by molar-refractivity contribution is 5.95. The predicted molar refractivity (Wildman–Crippen MR) is 97.5 cm³/mol. The first kappa shape index (κ1) is 18.1. The Bertz CT molecular complexity index is 1040. The van der Waals surface area contributed by atoms with Gasteiger partial charge in [-0.2, -0.15) is 0 Å². The van der Waals surface area contributed by atoms with Crippen molar-refractivity contribution < 1.29 is 19.6 Å². The molecule has 1 heterocycles. The lowest BCUT2D eigenvalue weighted by Gasteiger charge is -2.06. The topological polar surface area (TPSA) is 119 Å². The molecule has 0 bridgehead atoms. The fourth-order valence-electron chi connectivity index (χ4n) is 2.67. The number of benzene rings is 2. The van der Waals surface area contributed by atoms with E-state index in [0.29, 0.717) is 10.9 Å². The zero-order valence-corrected chi connectivity index (χ0v) is 14.4. The normalized spacial score (nSPS) is 11.1. The van der Waals surface area contributed by atoms with E-state index in [-0.39, 0.29) is 36.1 Å². The zero-order valence-electron chi connectivity index (χ0n) is 14.4. The summed E-state index contributed by atoms with van der Waals surface area (Å²) in [5.41, 5.74) is 0.549. The second kappa shape index (κ2) is 7.65. The first-order valence-electron chi connectivity index (χ1n) is 8.14. The van der Waals surface area contributed by atoms with Gasteiger partial charge >= 0.3 is 5.97 Å². The van der Waals surface area contributed by atoms with Crippen molar-refractivity contribution in [1.29, 1.82) is 0 Å². The molecule has 0 spiro atoms. The van der Waals surface area contributed by atoms with Crippen LogP contribution in [-0.2, 0) is 16.1 Å². The molecule has 0 aliphatic heterocycles. The van der Waals surface area contributed by atoms with Gasteiger partial charge in [0.2, 0.25) is 5.88 Å². The third-order valence-electron chi connectivity index (χ3n) is 3.85. The first-order chi connectivity index (χ1) is 13.0. The number of rotatable bonds is 6. The molecule has 9 heteroatoms. The molecule has 0 aliphatic rings. The first-order valence-corrected chi connectivity index (χ1v) is 8.14. The number of carbonyl (C=O) groups excluding carboxylic acids is 1. The second-order valence-electron chi connectivity index (χ2n) is 5.53. The van der Waals surface area contributed by atoms with Crippen LogP contribution in [0.5, 0.6) is 5.88 Å². The molecule has 0 saturated heterocycles. The van der Waals surface area contributed by atoms with Gasteiger partial charge in [-0.15, -0.1) is 10.2 Å². The number of aromatic hydroxyl groups is 1. The van der Waals surface area contributed by atoms with Crippen molar-refractivity contribution in [3.8, 4) is 5.88 Å². The SMILES string of the molecule is CCOC(=O)Cn1c(O)c(N=Nc2ccccc2[N+](=O)[O-])c2ccccc21. The van der Waals surface area contributed by atoms with Gasteiger partial charge in [0.05, 0.1) is 17.0 Å². The van der Waals surface area contributed by atoms with E-state index in [2.05, 4.69) is 10.2 Å². The van der Waals surface area contributed by atoms with E-state index in [1.807, 2.05) is 0 Å². The molecular weight excluding hydrogens is 352 g/mol. The predicted octanol–water partition coefficient (Wildman–Crippen LogP) is 4.23. The number of esters is 1. The number of hydrogen-bond acceptors (Lipinski definition) is 7. The summed E-state index contributed by atoms with van der Waals surface area (Å²) in [4.78, 5) is 22.4. The van der Waals surface area contributed by atoms with Crippen LogP contribution in [0, 0.1) is 10.1 Å². The molecule has 0 saturated carbocycles. The summed E-state index contributed by atoms with van der Waals surface area (Å²) in [7, 11) is 0. The van der Waals surface area contributed by atoms with Crippen LogP contribution < -0.4 is 0 Å². The molecule has 2 aromatic carbocycles. The smallest absolute Gasteiger partial charge is 0.326 e. The molecule has 0 atom stereocenters. The van der Waals surface area contributed by atoms with Gasteiger partial charge in [0, 0.05) is 11.5 Å². The Balaban J connectivity index is 2.06. The Morgan fingerprint density at radius 2 is 1.89 bits per heavy atom. The van der Waals surface area contributed by atoms with Crippen LogP contribution in [0.4, 0.5) is 17.1 Å². The number of fused-ring (bicyclic) bond motifs is 1. The van der Waals surface area contributed by atoms with Crippen molar-refractivity contribution in [3.63, 3.8) is 0 Å². The van der Waals surface area contributed by atoms with Crippen LogP contribution in [0.1, 0.15) is 6.92 Å². The monoisotopic (exact) mass is 368 g/mol. The molecule has 1 N–H and O–H groups in total. The fraction of sp³-hybridized carbons (Fsp3) is 0.167. The highest BCUT2D eigenvalue weighted by Crippen LogP contribution is 2.40. The van der Waals surface area contributed by atoms with E-state index in [1.54, 1.807) is 37.3 Å². The van der Waals surface area contributed by atoms with Gasteiger partial charge < -0.3 is 9.84 Å². The molecule has 3 aromatic rings. The van der Waals surface area contributed by atoms with Crippen LogP contribution in [0.3, 0.4) is 0 Å². The molecule has 0 aliphatic carbocycles. The van der Waals surface area contributed by atoms with E-state index >= 15 is 0 Å². The Morgan fingerprint density at radius 1 is 1.19 bits per heavy atom. The lowest BCUT2D eigenvalue weighted by Crippen LogP contribution is -2.12. The third kappa shape index (κ3) is 3.61. The summed E-state index contributed by atoms with van der Waals surface area (Å²) in [6.45, 7) is 1.72. The Kier molecular flexibility index (Phi) is 5.11. The van der Waals surface area contributed by atoms with Crippen molar-refractivity contribution in [2.24, 2.45) is 10.2 Å². The van der Waals surface area contributed by atoms with Crippen LogP contribution >= 0.6 is 0 Å². The molecule has 0 unspecified atom stereocenters. The molecule has 3 rings (SSSR count). The number of para-hydroxylation sites is 2. The average molecular weight is 368 g/mol. The summed E-state index contributed by atoms with van der Waals surface area (Å²) >= 11 is 0. The largest absolute Gasteiger partial charge is 0.493 e. The van der Waals surface area contributed by atoms with Gasteiger partial charge in [-0.1, -0.05) is 30.3 Å². The summed E-state index contributed by atoms with van der Waals surface area (Å²) < 4.78 is 6.29. The molecule has 0 radical (unpaired) electrons. The van der Waals surface area contributed by atoms with Gasteiger partial charge in [-0.3, -0.25) is 19.5 Å². The highest BCUT2D eigenvalue weighted by atomic mass is 16.6. The lowest BCUT2D eigenvalue weighted by molar-refractivity contribution is -0.384. The maximum atomic E-state index is 11.8. The zero-order chi connectivity index (χ0) is 19.4. The number of hydrogen-bond donors (Lipinski definition) is 1. The number of azo groups is 1. The Labute approximate surface area is 153 Å². The van der Waals surface area contributed by atoms with Gasteiger partial charge in [0.1, 0.15) is 6.54 Å². The summed E-state index contributed by atoms with van der Waals surface area (Å²) in [5, 5.41) is 30.2. The molecule has 0 amide bonds. The van der Waals surface area contributed by atoms with E-state index in [1.165, 1.54) is 22.8 Å². The minimum Gasteiger partial charge on any atom is -0.493 e. The maximum absolute atomic E-state index is 11.8. The quantitative estimate of drug-likeness (QED) is 0.302.